The van der Waals surface area contributed by atoms with Gasteiger partial charge in [-0.1, -0.05) is 6.07 Å². The van der Waals surface area contributed by atoms with Crippen molar-refractivity contribution in [2.45, 2.75) is 32.9 Å². The first-order valence-corrected chi connectivity index (χ1v) is 9.15. The highest BCUT2D eigenvalue weighted by Crippen LogP contribution is 2.25. The van der Waals surface area contributed by atoms with Gasteiger partial charge in [-0.3, -0.25) is 19.0 Å². The van der Waals surface area contributed by atoms with E-state index >= 15 is 0 Å². The van der Waals surface area contributed by atoms with Crippen LogP contribution in [0.3, 0.4) is 0 Å². The van der Waals surface area contributed by atoms with Crippen LogP contribution in [0, 0.1) is 0 Å². The molecule has 8 nitrogen and oxygen atoms in total. The third kappa shape index (κ3) is 5.27. The molecule has 0 fully saturated rings. The first-order chi connectivity index (χ1) is 14.8. The number of carbonyl (C=O) groups excluding carboxylic acids is 2. The lowest BCUT2D eigenvalue weighted by Crippen LogP contribution is -2.21. The first kappa shape index (κ1) is 22.0. The number of carbonyl (C=O) groups is 2. The quantitative estimate of drug-likeness (QED) is 0.522. The number of rotatable bonds is 8. The van der Waals surface area contributed by atoms with Gasteiger partial charge in [0.25, 0.3) is 18.8 Å². The maximum atomic E-state index is 13.0. The summed E-state index contributed by atoms with van der Waals surface area (Å²) >= 11 is 0. The highest BCUT2D eigenvalue weighted by Gasteiger charge is 2.22. The summed E-state index contributed by atoms with van der Waals surface area (Å²) in [5, 5.41) is 12.5. The second-order valence-corrected chi connectivity index (χ2v) is 6.37. The Morgan fingerprint density at radius 1 is 1.00 bits per heavy atom. The van der Waals surface area contributed by atoms with Gasteiger partial charge in [0.2, 0.25) is 5.91 Å². The molecule has 0 aliphatic heterocycles. The number of nitrogens with one attached hydrogen (secondary N) is 2. The molecule has 0 radical (unpaired) electrons. The summed E-state index contributed by atoms with van der Waals surface area (Å²) in [7, 11) is 0. The fourth-order valence-electron chi connectivity index (χ4n) is 2.84. The third-order valence-corrected chi connectivity index (χ3v) is 4.22. The lowest BCUT2D eigenvalue weighted by atomic mass is 10.2. The highest BCUT2D eigenvalue weighted by atomic mass is 19.3. The summed E-state index contributed by atoms with van der Waals surface area (Å²) in [5.74, 6) is -1.15. The number of aryl methyl sites for hydroxylation is 1. The summed E-state index contributed by atoms with van der Waals surface area (Å²) in [6, 6.07) is 8.27. The molecule has 0 aliphatic carbocycles. The molecule has 164 valence electrons. The van der Waals surface area contributed by atoms with Gasteiger partial charge >= 0.3 is 0 Å². The van der Waals surface area contributed by atoms with Gasteiger partial charge in [-0.05, 0) is 37.3 Å². The molecule has 1 aromatic carbocycles. The maximum Gasteiger partial charge on any atom is 0.282 e. The van der Waals surface area contributed by atoms with E-state index in [9.17, 15) is 27.2 Å². The number of benzene rings is 1. The van der Waals surface area contributed by atoms with E-state index in [1.807, 2.05) is 6.92 Å². The Balaban J connectivity index is 1.68. The van der Waals surface area contributed by atoms with Crippen molar-refractivity contribution >= 4 is 23.2 Å². The zero-order valence-corrected chi connectivity index (χ0v) is 16.2. The van der Waals surface area contributed by atoms with Gasteiger partial charge in [0, 0.05) is 24.1 Å². The highest BCUT2D eigenvalue weighted by molar-refractivity contribution is 6.03. The van der Waals surface area contributed by atoms with Gasteiger partial charge in [-0.2, -0.15) is 10.2 Å². The van der Waals surface area contributed by atoms with E-state index in [2.05, 4.69) is 20.8 Å². The predicted molar refractivity (Wildman–Crippen MR) is 103 cm³/mol. The van der Waals surface area contributed by atoms with Crippen molar-refractivity contribution in [3.8, 4) is 0 Å². The average molecular weight is 438 g/mol. The Morgan fingerprint density at radius 2 is 1.71 bits per heavy atom. The minimum atomic E-state index is -3.07. The maximum absolute atomic E-state index is 13.0. The van der Waals surface area contributed by atoms with Crippen LogP contribution >= 0.6 is 0 Å². The van der Waals surface area contributed by atoms with Crippen molar-refractivity contribution in [2.75, 3.05) is 10.6 Å². The van der Waals surface area contributed by atoms with Crippen molar-refractivity contribution in [1.82, 2.24) is 19.6 Å². The van der Waals surface area contributed by atoms with E-state index in [0.717, 1.165) is 0 Å². The number of hydrogen-bond acceptors (Lipinski definition) is 4. The molecule has 2 heterocycles. The van der Waals surface area contributed by atoms with Crippen LogP contribution in [0.5, 0.6) is 0 Å². The number of alkyl halides is 4. The topological polar surface area (TPSA) is 93.8 Å². The smallest absolute Gasteiger partial charge is 0.282 e. The third-order valence-electron chi connectivity index (χ3n) is 4.22. The van der Waals surface area contributed by atoms with Gasteiger partial charge in [0.15, 0.2) is 0 Å². The lowest BCUT2D eigenvalue weighted by Gasteiger charge is -2.10. The molecule has 2 amide bonds. The molecule has 12 heteroatoms. The lowest BCUT2D eigenvalue weighted by molar-refractivity contribution is -0.117. The summed E-state index contributed by atoms with van der Waals surface area (Å²) in [6.45, 7) is 1.66. The molecule has 0 saturated carbocycles. The zero-order valence-electron chi connectivity index (χ0n) is 16.2. The van der Waals surface area contributed by atoms with E-state index in [1.165, 1.54) is 23.0 Å². The number of halogens is 4. The van der Waals surface area contributed by atoms with E-state index in [4.69, 9.17) is 0 Å². The van der Waals surface area contributed by atoms with Crippen molar-refractivity contribution in [3.05, 3.63) is 59.7 Å². The monoisotopic (exact) mass is 438 g/mol. The number of nitrogens with zero attached hydrogens (tertiary/aromatic N) is 4. The summed E-state index contributed by atoms with van der Waals surface area (Å²) in [5.41, 5.74) is -0.617. The molecule has 2 aromatic heterocycles. The number of anilines is 2. The Hall–Kier alpha value is -3.70. The van der Waals surface area contributed by atoms with Crippen LogP contribution in [-0.4, -0.2) is 31.4 Å². The minimum Gasteiger partial charge on any atom is -0.324 e. The van der Waals surface area contributed by atoms with Gasteiger partial charge < -0.3 is 10.6 Å². The SMILES string of the molecule is CCn1nccc1C(=O)Nc1cccc(NC(=O)Cn2nc(C(F)F)cc2C(F)F)c1. The van der Waals surface area contributed by atoms with Crippen LogP contribution in [0.1, 0.15) is 41.7 Å². The van der Waals surface area contributed by atoms with Crippen LogP contribution in [0.2, 0.25) is 0 Å². The second-order valence-electron chi connectivity index (χ2n) is 6.37. The van der Waals surface area contributed by atoms with Crippen molar-refractivity contribution < 1.29 is 27.2 Å². The molecule has 3 aromatic rings. The molecule has 31 heavy (non-hydrogen) atoms. The van der Waals surface area contributed by atoms with E-state index in [1.54, 1.807) is 18.2 Å². The van der Waals surface area contributed by atoms with Crippen LogP contribution in [0.15, 0.2) is 42.6 Å². The molecule has 0 atom stereocenters. The molecule has 2 N–H and O–H groups in total. The van der Waals surface area contributed by atoms with Crippen LogP contribution in [0.25, 0.3) is 0 Å². The Kier molecular flexibility index (Phi) is 6.68. The number of hydrogen-bond donors (Lipinski definition) is 2. The Labute approximate surface area is 173 Å². The average Bonchev–Trinajstić information content (AvgIpc) is 3.35. The Bertz CT molecular complexity index is 1080. The number of amides is 2. The molecule has 3 rings (SSSR count). The second kappa shape index (κ2) is 9.41. The van der Waals surface area contributed by atoms with E-state index in [-0.39, 0.29) is 5.69 Å². The fraction of sp³-hybridized carbons (Fsp3) is 0.263. The first-order valence-electron chi connectivity index (χ1n) is 9.15. The molecule has 0 spiro atoms. The van der Waals surface area contributed by atoms with Crippen LogP contribution < -0.4 is 10.6 Å². The van der Waals surface area contributed by atoms with Gasteiger partial charge in [-0.15, -0.1) is 0 Å². The van der Waals surface area contributed by atoms with Crippen LogP contribution in [-0.2, 0) is 17.9 Å². The zero-order chi connectivity index (χ0) is 22.5. The summed E-state index contributed by atoms with van der Waals surface area (Å²) in [6.07, 6.45) is -4.61. The Morgan fingerprint density at radius 3 is 2.35 bits per heavy atom. The molecule has 0 saturated heterocycles. The minimum absolute atomic E-state index is 0.270. The van der Waals surface area contributed by atoms with Gasteiger partial charge in [0.05, 0.1) is 0 Å². The van der Waals surface area contributed by atoms with Crippen molar-refractivity contribution in [3.63, 3.8) is 0 Å². The molecular weight excluding hydrogens is 420 g/mol. The van der Waals surface area contributed by atoms with Crippen molar-refractivity contribution in [2.24, 2.45) is 0 Å². The van der Waals surface area contributed by atoms with Crippen LogP contribution in [0.4, 0.5) is 28.9 Å². The molecular formula is C19H18F4N6O2. The normalized spacial score (nSPS) is 11.2. The van der Waals surface area contributed by atoms with Gasteiger partial charge in [0.1, 0.15) is 23.6 Å². The van der Waals surface area contributed by atoms with E-state index in [0.29, 0.717) is 28.7 Å². The summed E-state index contributed by atoms with van der Waals surface area (Å²) in [4.78, 5) is 24.6. The number of aromatic nitrogens is 4. The molecule has 0 bridgehead atoms. The van der Waals surface area contributed by atoms with Crippen molar-refractivity contribution in [1.29, 1.82) is 0 Å². The molecule has 0 aliphatic rings. The molecule has 0 unspecified atom stereocenters. The standard InChI is InChI=1S/C19H18F4N6O2/c1-2-28-14(6-7-24-28)19(31)26-12-5-3-4-11(8-12)25-16(30)10-29-15(18(22)23)9-13(27-29)17(20)21/h3-9,17-18H,2,10H2,1H3,(H,25,30)(H,26,31). The van der Waals surface area contributed by atoms with E-state index < -0.39 is 42.6 Å². The van der Waals surface area contributed by atoms with Gasteiger partial charge in [-0.25, -0.2) is 17.6 Å². The summed E-state index contributed by atoms with van der Waals surface area (Å²) < 4.78 is 53.6. The predicted octanol–water partition coefficient (Wildman–Crippen LogP) is 3.87. The largest absolute Gasteiger partial charge is 0.324 e. The fourth-order valence-corrected chi connectivity index (χ4v) is 2.84.